The van der Waals surface area contributed by atoms with Crippen molar-refractivity contribution in [3.05, 3.63) is 24.3 Å². The summed E-state index contributed by atoms with van der Waals surface area (Å²) in [6, 6.07) is 7.59. The second-order valence-electron chi connectivity index (χ2n) is 3.79. The molecule has 0 saturated heterocycles. The van der Waals surface area contributed by atoms with Gasteiger partial charge in [0.1, 0.15) is 5.75 Å². The number of thioether (sulfide) groups is 1. The predicted octanol–water partition coefficient (Wildman–Crippen LogP) is 2.49. The van der Waals surface area contributed by atoms with Gasteiger partial charge in [-0.2, -0.15) is 0 Å². The summed E-state index contributed by atoms with van der Waals surface area (Å²) in [5, 5.41) is 17.4. The molecule has 0 spiro atoms. The third-order valence-electron chi connectivity index (χ3n) is 2.44. The number of aromatic nitrogens is 2. The highest BCUT2D eigenvalue weighted by molar-refractivity contribution is 8.01. The average Bonchev–Trinajstić information content (AvgIpc) is 2.93. The summed E-state index contributed by atoms with van der Waals surface area (Å²) >= 11 is 2.52. The van der Waals surface area contributed by atoms with Crippen molar-refractivity contribution in [3.63, 3.8) is 0 Å². The summed E-state index contributed by atoms with van der Waals surface area (Å²) < 4.78 is 5.82. The van der Waals surface area contributed by atoms with Crippen LogP contribution in [-0.4, -0.2) is 41.2 Å². The molecule has 106 valence electrons. The van der Waals surface area contributed by atoms with Gasteiger partial charge in [-0.3, -0.25) is 4.79 Å². The number of carboxylic acid groups (broad SMARTS) is 1. The smallest absolute Gasteiger partial charge is 0.313 e. The fourth-order valence-corrected chi connectivity index (χ4v) is 2.99. The molecule has 0 saturated carbocycles. The van der Waals surface area contributed by atoms with Crippen molar-refractivity contribution in [2.45, 2.75) is 4.34 Å². The van der Waals surface area contributed by atoms with Crippen molar-refractivity contribution < 1.29 is 14.6 Å². The summed E-state index contributed by atoms with van der Waals surface area (Å²) in [7, 11) is 3.49. The van der Waals surface area contributed by atoms with Gasteiger partial charge in [0.15, 0.2) is 4.34 Å². The Bertz CT molecular complexity index is 603. The molecule has 6 nitrogen and oxygen atoms in total. The Kier molecular flexibility index (Phi) is 4.80. The molecule has 2 aromatic rings. The topological polar surface area (TPSA) is 75.5 Å². The van der Waals surface area contributed by atoms with Crippen molar-refractivity contribution in [3.8, 4) is 5.75 Å². The monoisotopic (exact) mass is 311 g/mol. The Morgan fingerprint density at radius 3 is 3.00 bits per heavy atom. The van der Waals surface area contributed by atoms with E-state index in [1.54, 1.807) is 7.11 Å². The maximum atomic E-state index is 10.5. The third-order valence-corrected chi connectivity index (χ3v) is 4.56. The van der Waals surface area contributed by atoms with Gasteiger partial charge in [-0.1, -0.05) is 29.2 Å². The summed E-state index contributed by atoms with van der Waals surface area (Å²) in [6.07, 6.45) is 0. The highest BCUT2D eigenvalue weighted by Gasteiger charge is 2.12. The fourth-order valence-electron chi connectivity index (χ4n) is 1.45. The van der Waals surface area contributed by atoms with Crippen molar-refractivity contribution in [1.82, 2.24) is 10.2 Å². The molecule has 0 amide bonds. The molecule has 0 aliphatic carbocycles. The molecule has 0 fully saturated rings. The average molecular weight is 311 g/mol. The molecular weight excluding hydrogens is 298 g/mol. The lowest BCUT2D eigenvalue weighted by Crippen LogP contribution is -2.08. The van der Waals surface area contributed by atoms with E-state index in [1.165, 1.54) is 11.3 Å². The van der Waals surface area contributed by atoms with Crippen molar-refractivity contribution >= 4 is 39.9 Å². The summed E-state index contributed by atoms with van der Waals surface area (Å²) in [5.41, 5.74) is 0.926. The van der Waals surface area contributed by atoms with Crippen molar-refractivity contribution in [2.24, 2.45) is 0 Å². The lowest BCUT2D eigenvalue weighted by Gasteiger charge is -2.15. The summed E-state index contributed by atoms with van der Waals surface area (Å²) in [5.74, 6) is -0.121. The van der Waals surface area contributed by atoms with Gasteiger partial charge in [0, 0.05) is 18.8 Å². The molecule has 2 rings (SSSR count). The number of hydrogen-bond acceptors (Lipinski definition) is 7. The molecule has 8 heteroatoms. The van der Waals surface area contributed by atoms with Gasteiger partial charge in [-0.05, 0) is 12.1 Å². The van der Waals surface area contributed by atoms with Crippen LogP contribution in [0.3, 0.4) is 0 Å². The Balaban J connectivity index is 2.12. The first-order valence-corrected chi connectivity index (χ1v) is 7.46. The van der Waals surface area contributed by atoms with Gasteiger partial charge >= 0.3 is 5.97 Å². The van der Waals surface area contributed by atoms with E-state index in [0.29, 0.717) is 9.47 Å². The Morgan fingerprint density at radius 2 is 2.30 bits per heavy atom. The van der Waals surface area contributed by atoms with Crippen LogP contribution in [0.25, 0.3) is 0 Å². The lowest BCUT2D eigenvalue weighted by molar-refractivity contribution is -0.133. The normalized spacial score (nSPS) is 10.3. The highest BCUT2D eigenvalue weighted by atomic mass is 32.2. The molecule has 1 aromatic heterocycles. The van der Waals surface area contributed by atoms with E-state index in [9.17, 15) is 4.79 Å². The first-order valence-electron chi connectivity index (χ1n) is 5.66. The standard InChI is InChI=1S/C12H13N3O3S2/c1-15(8-4-3-5-9(6-8)18-2)11-13-14-12(20-11)19-7-10(16)17/h3-6H,7H2,1-2H3,(H,16,17). The van der Waals surface area contributed by atoms with E-state index in [1.807, 2.05) is 36.2 Å². The molecule has 0 atom stereocenters. The van der Waals surface area contributed by atoms with E-state index in [-0.39, 0.29) is 5.75 Å². The predicted molar refractivity (Wildman–Crippen MR) is 79.3 cm³/mol. The molecule has 0 bridgehead atoms. The van der Waals surface area contributed by atoms with Gasteiger partial charge in [0.2, 0.25) is 5.13 Å². The van der Waals surface area contributed by atoms with Gasteiger partial charge in [-0.25, -0.2) is 0 Å². The Morgan fingerprint density at radius 1 is 1.50 bits per heavy atom. The second kappa shape index (κ2) is 6.58. The van der Waals surface area contributed by atoms with Crippen LogP contribution < -0.4 is 9.64 Å². The Hall–Kier alpha value is -1.80. The molecule has 1 N–H and O–H groups in total. The van der Waals surface area contributed by atoms with E-state index in [0.717, 1.165) is 23.2 Å². The van der Waals surface area contributed by atoms with E-state index in [4.69, 9.17) is 9.84 Å². The largest absolute Gasteiger partial charge is 0.497 e. The summed E-state index contributed by atoms with van der Waals surface area (Å²) in [6.45, 7) is 0. The van der Waals surface area contributed by atoms with Crippen LogP contribution in [0.15, 0.2) is 28.6 Å². The minimum absolute atomic E-state index is 0.0164. The maximum Gasteiger partial charge on any atom is 0.313 e. The quantitative estimate of drug-likeness (QED) is 0.821. The number of aliphatic carboxylic acids is 1. The number of ether oxygens (including phenoxy) is 1. The zero-order valence-electron chi connectivity index (χ0n) is 10.9. The minimum atomic E-state index is -0.868. The molecule has 0 aliphatic heterocycles. The molecule has 1 heterocycles. The van der Waals surface area contributed by atoms with Crippen molar-refractivity contribution in [2.75, 3.05) is 24.8 Å². The molecule has 1 aromatic carbocycles. The zero-order valence-corrected chi connectivity index (χ0v) is 12.6. The van der Waals surface area contributed by atoms with E-state index >= 15 is 0 Å². The van der Waals surface area contributed by atoms with Crippen LogP contribution >= 0.6 is 23.1 Å². The first kappa shape index (κ1) is 14.6. The van der Waals surface area contributed by atoms with Gasteiger partial charge in [0.05, 0.1) is 12.9 Å². The van der Waals surface area contributed by atoms with E-state index < -0.39 is 5.97 Å². The first-order chi connectivity index (χ1) is 9.60. The number of anilines is 2. The van der Waals surface area contributed by atoms with Crippen LogP contribution in [-0.2, 0) is 4.79 Å². The number of hydrogen-bond donors (Lipinski definition) is 1. The SMILES string of the molecule is COc1cccc(N(C)c2nnc(SCC(=O)O)s2)c1. The second-order valence-corrected chi connectivity index (χ2v) is 5.97. The molecule has 0 unspecified atom stereocenters. The number of nitrogens with zero attached hydrogens (tertiary/aromatic N) is 3. The highest BCUT2D eigenvalue weighted by Crippen LogP contribution is 2.32. The van der Waals surface area contributed by atoms with Crippen LogP contribution in [0, 0.1) is 0 Å². The van der Waals surface area contributed by atoms with Gasteiger partial charge in [0.25, 0.3) is 0 Å². The van der Waals surface area contributed by atoms with Crippen LogP contribution in [0.5, 0.6) is 5.75 Å². The third kappa shape index (κ3) is 3.61. The fraction of sp³-hybridized carbons (Fsp3) is 0.250. The molecule has 20 heavy (non-hydrogen) atoms. The van der Waals surface area contributed by atoms with Crippen molar-refractivity contribution in [1.29, 1.82) is 0 Å². The lowest BCUT2D eigenvalue weighted by atomic mass is 10.3. The summed E-state index contributed by atoms with van der Waals surface area (Å²) in [4.78, 5) is 12.4. The van der Waals surface area contributed by atoms with E-state index in [2.05, 4.69) is 10.2 Å². The number of benzene rings is 1. The van der Waals surface area contributed by atoms with Gasteiger partial charge in [-0.15, -0.1) is 10.2 Å². The number of carbonyl (C=O) groups is 1. The zero-order chi connectivity index (χ0) is 14.5. The Labute approximate surface area is 124 Å². The number of methoxy groups -OCH3 is 1. The van der Waals surface area contributed by atoms with Crippen LogP contribution in [0.1, 0.15) is 0 Å². The molecule has 0 radical (unpaired) electrons. The van der Waals surface area contributed by atoms with Crippen LogP contribution in [0.4, 0.5) is 10.8 Å². The minimum Gasteiger partial charge on any atom is -0.497 e. The maximum absolute atomic E-state index is 10.5. The number of carboxylic acids is 1. The molecular formula is C12H13N3O3S2. The van der Waals surface area contributed by atoms with Gasteiger partial charge < -0.3 is 14.7 Å². The molecule has 0 aliphatic rings. The van der Waals surface area contributed by atoms with Crippen LogP contribution in [0.2, 0.25) is 0 Å². The number of rotatable bonds is 6.